The van der Waals surface area contributed by atoms with Crippen LogP contribution in [0.5, 0.6) is 0 Å². The normalized spacial score (nSPS) is 12.3. The first-order chi connectivity index (χ1) is 14.3. The molecule has 1 heterocycles. The number of thiazole rings is 1. The molecule has 1 aromatic heterocycles. The summed E-state index contributed by atoms with van der Waals surface area (Å²) < 4.78 is 13.9. The SMILES string of the molecule is CC(=N)CC(C)CN(C)c1nc2ccc(NC(=O)C=Cc3ccc(F)cc3)cc2s1. The Morgan fingerprint density at radius 1 is 1.30 bits per heavy atom. The van der Waals surface area contributed by atoms with E-state index in [0.717, 1.165) is 33.9 Å². The van der Waals surface area contributed by atoms with Gasteiger partial charge in [0.1, 0.15) is 5.82 Å². The first-order valence-corrected chi connectivity index (χ1v) is 10.5. The number of halogens is 1. The summed E-state index contributed by atoms with van der Waals surface area (Å²) in [5.74, 6) is -0.183. The number of carbonyl (C=O) groups excluding carboxylic acids is 1. The average molecular weight is 425 g/mol. The largest absolute Gasteiger partial charge is 0.351 e. The van der Waals surface area contributed by atoms with E-state index in [4.69, 9.17) is 5.41 Å². The lowest BCUT2D eigenvalue weighted by Crippen LogP contribution is -2.24. The van der Waals surface area contributed by atoms with Crippen molar-refractivity contribution >= 4 is 50.1 Å². The van der Waals surface area contributed by atoms with Crippen LogP contribution in [0.15, 0.2) is 48.5 Å². The van der Waals surface area contributed by atoms with Gasteiger partial charge in [-0.05, 0) is 61.2 Å². The molecule has 7 heteroatoms. The highest BCUT2D eigenvalue weighted by Crippen LogP contribution is 2.30. The van der Waals surface area contributed by atoms with Crippen LogP contribution in [-0.2, 0) is 4.79 Å². The van der Waals surface area contributed by atoms with Gasteiger partial charge >= 0.3 is 0 Å². The summed E-state index contributed by atoms with van der Waals surface area (Å²) in [6.45, 7) is 4.79. The lowest BCUT2D eigenvalue weighted by molar-refractivity contribution is -0.111. The Labute approximate surface area is 179 Å². The lowest BCUT2D eigenvalue weighted by Gasteiger charge is -2.20. The summed E-state index contributed by atoms with van der Waals surface area (Å²) in [6.07, 6.45) is 3.84. The minimum absolute atomic E-state index is 0.253. The van der Waals surface area contributed by atoms with Crippen LogP contribution < -0.4 is 10.2 Å². The van der Waals surface area contributed by atoms with E-state index in [0.29, 0.717) is 17.3 Å². The number of rotatable bonds is 8. The van der Waals surface area contributed by atoms with Gasteiger partial charge in [0.05, 0.1) is 10.2 Å². The number of nitrogens with one attached hydrogen (secondary N) is 2. The molecule has 0 aliphatic heterocycles. The molecule has 0 saturated carbocycles. The zero-order valence-electron chi connectivity index (χ0n) is 17.3. The molecule has 0 spiro atoms. The predicted molar refractivity (Wildman–Crippen MR) is 124 cm³/mol. The minimum atomic E-state index is -0.307. The molecule has 1 unspecified atom stereocenters. The number of hydrogen-bond donors (Lipinski definition) is 2. The van der Waals surface area contributed by atoms with Crippen molar-refractivity contribution in [2.24, 2.45) is 5.92 Å². The van der Waals surface area contributed by atoms with Crippen molar-refractivity contribution in [3.8, 4) is 0 Å². The third kappa shape index (κ3) is 5.97. The highest BCUT2D eigenvalue weighted by Gasteiger charge is 2.13. The average Bonchev–Trinajstić information content (AvgIpc) is 3.10. The second kappa shape index (κ2) is 9.63. The lowest BCUT2D eigenvalue weighted by atomic mass is 10.1. The fourth-order valence-corrected chi connectivity index (χ4v) is 4.19. The van der Waals surface area contributed by atoms with Gasteiger partial charge in [-0.3, -0.25) is 4.79 Å². The summed E-state index contributed by atoms with van der Waals surface area (Å²) in [6, 6.07) is 11.6. The van der Waals surface area contributed by atoms with Gasteiger partial charge < -0.3 is 15.6 Å². The summed E-state index contributed by atoms with van der Waals surface area (Å²) in [5.41, 5.74) is 3.03. The standard InChI is InChI=1S/C23H25FN4OS/c1-15(12-16(2)25)14-28(3)23-27-20-10-9-19(13-21(20)30-23)26-22(29)11-6-17-4-7-18(24)8-5-17/h4-11,13,15,25H,12,14H2,1-3H3,(H,26,29). The van der Waals surface area contributed by atoms with E-state index < -0.39 is 0 Å². The van der Waals surface area contributed by atoms with Gasteiger partial charge in [0, 0.05) is 31.1 Å². The van der Waals surface area contributed by atoms with Gasteiger partial charge in [-0.25, -0.2) is 9.37 Å². The van der Waals surface area contributed by atoms with Gasteiger partial charge in [0.2, 0.25) is 5.91 Å². The Kier molecular flexibility index (Phi) is 6.95. The molecule has 3 aromatic rings. The fourth-order valence-electron chi connectivity index (χ4n) is 3.22. The molecule has 0 aliphatic rings. The van der Waals surface area contributed by atoms with Crippen LogP contribution in [0.2, 0.25) is 0 Å². The van der Waals surface area contributed by atoms with E-state index in [9.17, 15) is 9.18 Å². The number of anilines is 2. The number of benzene rings is 2. The number of hydrogen-bond acceptors (Lipinski definition) is 5. The molecule has 30 heavy (non-hydrogen) atoms. The molecular weight excluding hydrogens is 399 g/mol. The number of nitrogens with zero attached hydrogens (tertiary/aromatic N) is 2. The van der Waals surface area contributed by atoms with Gasteiger partial charge in [-0.2, -0.15) is 0 Å². The molecule has 1 amide bonds. The molecule has 0 saturated heterocycles. The van der Waals surface area contributed by atoms with Crippen LogP contribution in [0.4, 0.5) is 15.2 Å². The molecule has 0 radical (unpaired) electrons. The van der Waals surface area contributed by atoms with Crippen LogP contribution in [0.1, 0.15) is 25.8 Å². The van der Waals surface area contributed by atoms with Gasteiger partial charge in [0.15, 0.2) is 5.13 Å². The quantitative estimate of drug-likeness (QED) is 0.366. The third-order valence-corrected chi connectivity index (χ3v) is 5.64. The molecule has 3 rings (SSSR count). The number of amides is 1. The maximum atomic E-state index is 12.9. The molecule has 1 atom stereocenters. The maximum absolute atomic E-state index is 12.9. The highest BCUT2D eigenvalue weighted by molar-refractivity contribution is 7.22. The van der Waals surface area contributed by atoms with Crippen molar-refractivity contribution in [3.05, 3.63) is 59.9 Å². The van der Waals surface area contributed by atoms with E-state index in [1.165, 1.54) is 18.2 Å². The van der Waals surface area contributed by atoms with E-state index in [1.807, 2.05) is 32.2 Å². The summed E-state index contributed by atoms with van der Waals surface area (Å²) in [7, 11) is 2.01. The molecule has 2 N–H and O–H groups in total. The minimum Gasteiger partial charge on any atom is -0.351 e. The van der Waals surface area contributed by atoms with Gasteiger partial charge in [-0.1, -0.05) is 30.4 Å². The number of fused-ring (bicyclic) bond motifs is 1. The second-order valence-corrected chi connectivity index (χ2v) is 8.53. The van der Waals surface area contributed by atoms with Crippen LogP contribution in [0.25, 0.3) is 16.3 Å². The first-order valence-electron chi connectivity index (χ1n) is 9.70. The second-order valence-electron chi connectivity index (χ2n) is 7.52. The van der Waals surface area contributed by atoms with Crippen molar-refractivity contribution < 1.29 is 9.18 Å². The van der Waals surface area contributed by atoms with Crippen LogP contribution in [0, 0.1) is 17.1 Å². The third-order valence-electron chi connectivity index (χ3n) is 4.51. The van der Waals surface area contributed by atoms with Crippen LogP contribution >= 0.6 is 11.3 Å². The molecular formula is C23H25FN4OS. The van der Waals surface area contributed by atoms with Crippen molar-refractivity contribution in [2.75, 3.05) is 23.8 Å². The Bertz CT molecular complexity index is 1070. The maximum Gasteiger partial charge on any atom is 0.248 e. The molecule has 0 fully saturated rings. The Morgan fingerprint density at radius 3 is 2.73 bits per heavy atom. The molecule has 0 aliphatic carbocycles. The Hall–Kier alpha value is -3.06. The highest BCUT2D eigenvalue weighted by atomic mass is 32.1. The van der Waals surface area contributed by atoms with E-state index >= 15 is 0 Å². The van der Waals surface area contributed by atoms with Gasteiger partial charge in [-0.15, -0.1) is 0 Å². The van der Waals surface area contributed by atoms with E-state index in [2.05, 4.69) is 22.1 Å². The van der Waals surface area contributed by atoms with E-state index in [1.54, 1.807) is 29.5 Å². The first kappa shape index (κ1) is 21.6. The van der Waals surface area contributed by atoms with Crippen molar-refractivity contribution in [3.63, 3.8) is 0 Å². The Balaban J connectivity index is 1.65. The summed E-state index contributed by atoms with van der Waals surface area (Å²) >= 11 is 1.58. The zero-order valence-corrected chi connectivity index (χ0v) is 18.1. The zero-order chi connectivity index (χ0) is 21.7. The molecule has 156 valence electrons. The van der Waals surface area contributed by atoms with Crippen molar-refractivity contribution in [2.45, 2.75) is 20.3 Å². The predicted octanol–water partition coefficient (Wildman–Crippen LogP) is 5.59. The van der Waals surface area contributed by atoms with Gasteiger partial charge in [0.25, 0.3) is 0 Å². The Morgan fingerprint density at radius 2 is 2.03 bits per heavy atom. The van der Waals surface area contributed by atoms with Crippen LogP contribution in [-0.4, -0.2) is 30.2 Å². The molecule has 0 bridgehead atoms. The fraction of sp³-hybridized carbons (Fsp3) is 0.261. The van der Waals surface area contributed by atoms with Crippen LogP contribution in [0.3, 0.4) is 0 Å². The monoisotopic (exact) mass is 424 g/mol. The number of carbonyl (C=O) groups is 1. The molecule has 5 nitrogen and oxygen atoms in total. The van der Waals surface area contributed by atoms with E-state index in [-0.39, 0.29) is 11.7 Å². The number of aromatic nitrogens is 1. The van der Waals surface area contributed by atoms with Crippen molar-refractivity contribution in [1.29, 1.82) is 5.41 Å². The van der Waals surface area contributed by atoms with Crippen molar-refractivity contribution in [1.82, 2.24) is 4.98 Å². The summed E-state index contributed by atoms with van der Waals surface area (Å²) in [4.78, 5) is 19.0. The smallest absolute Gasteiger partial charge is 0.248 e. The summed E-state index contributed by atoms with van der Waals surface area (Å²) in [5, 5.41) is 11.4. The topological polar surface area (TPSA) is 69.1 Å². The molecule has 2 aromatic carbocycles.